The molecule has 4 heteroatoms. The van der Waals surface area contributed by atoms with E-state index in [2.05, 4.69) is 188 Å². The molecule has 0 aliphatic heterocycles. The van der Waals surface area contributed by atoms with Crippen molar-refractivity contribution in [2.45, 2.75) is 0 Å². The van der Waals surface area contributed by atoms with Crippen molar-refractivity contribution in [3.8, 4) is 56.4 Å². The molecule has 11 aromatic rings. The van der Waals surface area contributed by atoms with Crippen molar-refractivity contribution in [3.63, 3.8) is 0 Å². The summed E-state index contributed by atoms with van der Waals surface area (Å²) in [6.07, 6.45) is 0. The number of aromatic nitrogens is 3. The summed E-state index contributed by atoms with van der Waals surface area (Å²) in [4.78, 5) is 16.2. The molecule has 0 amide bonds. The van der Waals surface area contributed by atoms with Gasteiger partial charge in [-0.2, -0.15) is 0 Å². The molecule has 0 unspecified atom stereocenters. The highest BCUT2D eigenvalue weighted by molar-refractivity contribution is 7.26. The van der Waals surface area contributed by atoms with Crippen LogP contribution < -0.4 is 0 Å². The predicted octanol–water partition coefficient (Wildman–Crippen LogP) is 14.0. The summed E-state index contributed by atoms with van der Waals surface area (Å²) in [5, 5.41) is 9.49. The molecule has 9 aromatic carbocycles. The Labute approximate surface area is 321 Å². The van der Waals surface area contributed by atoms with Gasteiger partial charge in [0, 0.05) is 36.9 Å². The SMILES string of the molecule is c1cc(-c2nc(-c3c(-c4cccc5ccccc45)ccc4ccccc34)nc(-c3cccc4c3sc3ccccc34)n2)cc(-c2cccc3ccccc23)c1. The summed E-state index contributed by atoms with van der Waals surface area (Å²) < 4.78 is 2.41. The Balaban J connectivity index is 1.21. The van der Waals surface area contributed by atoms with Crippen molar-refractivity contribution < 1.29 is 0 Å². The van der Waals surface area contributed by atoms with Crippen molar-refractivity contribution in [2.75, 3.05) is 0 Å². The molecule has 256 valence electrons. The van der Waals surface area contributed by atoms with E-state index in [1.54, 1.807) is 11.3 Å². The van der Waals surface area contributed by atoms with Gasteiger partial charge in [-0.05, 0) is 72.8 Å². The number of hydrogen-bond acceptors (Lipinski definition) is 4. The van der Waals surface area contributed by atoms with Gasteiger partial charge in [-0.25, -0.2) is 15.0 Å². The zero-order chi connectivity index (χ0) is 36.3. The van der Waals surface area contributed by atoms with E-state index in [9.17, 15) is 0 Å². The highest BCUT2D eigenvalue weighted by Crippen LogP contribution is 2.43. The van der Waals surface area contributed by atoms with Crippen molar-refractivity contribution in [1.82, 2.24) is 15.0 Å². The molecule has 0 atom stereocenters. The second kappa shape index (κ2) is 12.8. The van der Waals surface area contributed by atoms with E-state index >= 15 is 0 Å². The van der Waals surface area contributed by atoms with E-state index in [-0.39, 0.29) is 0 Å². The first-order chi connectivity index (χ1) is 27.3. The lowest BCUT2D eigenvalue weighted by Crippen LogP contribution is -2.02. The minimum Gasteiger partial charge on any atom is -0.208 e. The molecule has 2 heterocycles. The van der Waals surface area contributed by atoms with Crippen molar-refractivity contribution in [2.24, 2.45) is 0 Å². The second-order valence-corrected chi connectivity index (χ2v) is 15.0. The Morgan fingerprint density at radius 2 is 0.836 bits per heavy atom. The third-order valence-electron chi connectivity index (χ3n) is 10.7. The number of rotatable bonds is 5. The first kappa shape index (κ1) is 31.5. The number of benzene rings is 9. The van der Waals surface area contributed by atoms with Gasteiger partial charge in [0.25, 0.3) is 0 Å². The van der Waals surface area contributed by atoms with Crippen LogP contribution >= 0.6 is 11.3 Å². The molecule has 3 nitrogen and oxygen atoms in total. The van der Waals surface area contributed by atoms with Gasteiger partial charge in [-0.15, -0.1) is 11.3 Å². The smallest absolute Gasteiger partial charge is 0.165 e. The lowest BCUT2D eigenvalue weighted by atomic mass is 9.90. The molecule has 0 saturated carbocycles. The summed E-state index contributed by atoms with van der Waals surface area (Å²) in [7, 11) is 0. The molecule has 0 saturated heterocycles. The van der Waals surface area contributed by atoms with Crippen molar-refractivity contribution >= 4 is 63.8 Å². The number of fused-ring (bicyclic) bond motifs is 6. The lowest BCUT2D eigenvalue weighted by Gasteiger charge is -2.16. The molecule has 0 radical (unpaired) electrons. The van der Waals surface area contributed by atoms with Gasteiger partial charge in [-0.3, -0.25) is 0 Å². The van der Waals surface area contributed by atoms with E-state index in [4.69, 9.17) is 15.0 Å². The lowest BCUT2D eigenvalue weighted by molar-refractivity contribution is 1.08. The van der Waals surface area contributed by atoms with Crippen molar-refractivity contribution in [3.05, 3.63) is 188 Å². The largest absolute Gasteiger partial charge is 0.208 e. The molecule has 2 aromatic heterocycles. The van der Waals surface area contributed by atoms with Crippen LogP contribution in [0.3, 0.4) is 0 Å². The van der Waals surface area contributed by atoms with Crippen LogP contribution in [0.4, 0.5) is 0 Å². The van der Waals surface area contributed by atoms with E-state index < -0.39 is 0 Å². The number of thiophene rings is 1. The van der Waals surface area contributed by atoms with Gasteiger partial charge in [0.15, 0.2) is 17.5 Å². The fourth-order valence-electron chi connectivity index (χ4n) is 8.16. The second-order valence-electron chi connectivity index (χ2n) is 13.9. The van der Waals surface area contributed by atoms with Crippen LogP contribution in [0, 0.1) is 0 Å². The molecule has 0 N–H and O–H groups in total. The summed E-state index contributed by atoms with van der Waals surface area (Å²) in [6.45, 7) is 0. The molecule has 0 spiro atoms. The maximum Gasteiger partial charge on any atom is 0.165 e. The Hall–Kier alpha value is -7.01. The van der Waals surface area contributed by atoms with Crippen LogP contribution in [0.5, 0.6) is 0 Å². The zero-order valence-corrected chi connectivity index (χ0v) is 30.5. The first-order valence-electron chi connectivity index (χ1n) is 18.5. The summed E-state index contributed by atoms with van der Waals surface area (Å²) in [5.74, 6) is 1.94. The monoisotopic (exact) mass is 717 g/mol. The first-order valence-corrected chi connectivity index (χ1v) is 19.3. The summed E-state index contributed by atoms with van der Waals surface area (Å²) >= 11 is 1.79. The van der Waals surface area contributed by atoms with Crippen LogP contribution in [0.2, 0.25) is 0 Å². The molecule has 0 aliphatic rings. The maximum atomic E-state index is 5.44. The van der Waals surface area contributed by atoms with Gasteiger partial charge in [0.05, 0.1) is 0 Å². The normalized spacial score (nSPS) is 11.6. The Morgan fingerprint density at radius 1 is 0.309 bits per heavy atom. The highest BCUT2D eigenvalue weighted by atomic mass is 32.1. The topological polar surface area (TPSA) is 38.7 Å². The molecule has 0 fully saturated rings. The Bertz CT molecular complexity index is 3280. The third kappa shape index (κ3) is 5.30. The summed E-state index contributed by atoms with van der Waals surface area (Å²) in [5.41, 5.74) is 7.46. The molecule has 0 bridgehead atoms. The van der Waals surface area contributed by atoms with Crippen LogP contribution in [0.15, 0.2) is 188 Å². The van der Waals surface area contributed by atoms with Crippen LogP contribution in [-0.4, -0.2) is 15.0 Å². The van der Waals surface area contributed by atoms with Crippen LogP contribution in [-0.2, 0) is 0 Å². The maximum absolute atomic E-state index is 5.44. The van der Waals surface area contributed by atoms with Crippen molar-refractivity contribution in [1.29, 1.82) is 0 Å². The van der Waals surface area contributed by atoms with E-state index in [0.717, 1.165) is 44.2 Å². The molecule has 11 rings (SSSR count). The minimum atomic E-state index is 0.636. The standard InChI is InChI=1S/C51H31N3S/c1-4-20-37-32(13-1)16-10-24-39(37)35-18-9-19-36(31-35)49-52-50(45-27-12-26-44-42-23-7-8-28-46(42)55-48(44)45)54-51(53-49)47-40-22-6-3-15-34(40)29-30-43(47)41-25-11-17-33-14-2-5-21-38(33)41/h1-31H. The molecular weight excluding hydrogens is 687 g/mol. The average Bonchev–Trinajstić information content (AvgIpc) is 3.64. The van der Waals surface area contributed by atoms with E-state index in [0.29, 0.717) is 17.5 Å². The van der Waals surface area contributed by atoms with Gasteiger partial charge >= 0.3 is 0 Å². The predicted molar refractivity (Wildman–Crippen MR) is 232 cm³/mol. The van der Waals surface area contributed by atoms with Crippen LogP contribution in [0.1, 0.15) is 0 Å². The number of nitrogens with zero attached hydrogens (tertiary/aromatic N) is 3. The van der Waals surface area contributed by atoms with Gasteiger partial charge < -0.3 is 0 Å². The van der Waals surface area contributed by atoms with Gasteiger partial charge in [0.2, 0.25) is 0 Å². The highest BCUT2D eigenvalue weighted by Gasteiger charge is 2.21. The Kier molecular flexibility index (Phi) is 7.35. The number of hydrogen-bond donors (Lipinski definition) is 0. The van der Waals surface area contributed by atoms with Gasteiger partial charge in [0.1, 0.15) is 0 Å². The van der Waals surface area contributed by atoms with Crippen LogP contribution in [0.25, 0.3) is 109 Å². The molecule has 0 aliphatic carbocycles. The van der Waals surface area contributed by atoms with E-state index in [1.807, 2.05) is 0 Å². The summed E-state index contributed by atoms with van der Waals surface area (Å²) in [6, 6.07) is 66.9. The average molecular weight is 718 g/mol. The molecular formula is C51H31N3S. The Morgan fingerprint density at radius 3 is 1.64 bits per heavy atom. The minimum absolute atomic E-state index is 0.636. The zero-order valence-electron chi connectivity index (χ0n) is 29.6. The molecule has 55 heavy (non-hydrogen) atoms. The van der Waals surface area contributed by atoms with Gasteiger partial charge in [-0.1, -0.05) is 170 Å². The van der Waals surface area contributed by atoms with E-state index in [1.165, 1.54) is 47.3 Å². The fourth-order valence-corrected chi connectivity index (χ4v) is 9.37. The third-order valence-corrected chi connectivity index (χ3v) is 12.0. The quantitative estimate of drug-likeness (QED) is 0.178. The fraction of sp³-hybridized carbons (Fsp3) is 0.